The molecule has 4 rings (SSSR count). The van der Waals surface area contributed by atoms with Crippen LogP contribution in [0.4, 0.5) is 0 Å². The van der Waals surface area contributed by atoms with Crippen LogP contribution in [0.3, 0.4) is 0 Å². The van der Waals surface area contributed by atoms with E-state index in [0.29, 0.717) is 62.4 Å². The molecule has 2 heterocycles. The average molecular weight is 611 g/mol. The summed E-state index contributed by atoms with van der Waals surface area (Å²) < 4.78 is 29.8. The van der Waals surface area contributed by atoms with Gasteiger partial charge in [0.05, 0.1) is 53.8 Å². The zero-order valence-electron chi connectivity index (χ0n) is 24.0. The Kier molecular flexibility index (Phi) is 9.99. The largest absolute Gasteiger partial charge is 0.493 e. The molecular formula is C31H31ClN2O7S. The smallest absolute Gasteiger partial charge is 0.338 e. The van der Waals surface area contributed by atoms with Crippen LogP contribution in [0, 0.1) is 12.3 Å². The van der Waals surface area contributed by atoms with Crippen LogP contribution in [0.1, 0.15) is 44.9 Å². The summed E-state index contributed by atoms with van der Waals surface area (Å²) in [6.07, 6.45) is 7.04. The maximum atomic E-state index is 14.0. The maximum absolute atomic E-state index is 14.0. The van der Waals surface area contributed by atoms with Crippen molar-refractivity contribution in [1.29, 1.82) is 0 Å². The summed E-state index contributed by atoms with van der Waals surface area (Å²) in [5.41, 5.74) is 1.63. The van der Waals surface area contributed by atoms with Crippen molar-refractivity contribution in [2.45, 2.75) is 33.7 Å². The number of carbonyl (C=O) groups excluding carboxylic acids is 1. The van der Waals surface area contributed by atoms with Gasteiger partial charge in [-0.05, 0) is 69.2 Å². The van der Waals surface area contributed by atoms with Gasteiger partial charge in [-0.2, -0.15) is 0 Å². The van der Waals surface area contributed by atoms with E-state index in [-0.39, 0.29) is 29.4 Å². The molecule has 0 amide bonds. The molecular weight excluding hydrogens is 580 g/mol. The molecule has 1 aliphatic rings. The minimum atomic E-state index is -0.810. The Balaban J connectivity index is 1.93. The molecule has 1 atom stereocenters. The third-order valence-electron chi connectivity index (χ3n) is 6.25. The Bertz CT molecular complexity index is 1750. The van der Waals surface area contributed by atoms with Crippen molar-refractivity contribution in [3.63, 3.8) is 0 Å². The van der Waals surface area contributed by atoms with Crippen LogP contribution in [-0.2, 0) is 9.53 Å². The fourth-order valence-electron chi connectivity index (χ4n) is 4.58. The summed E-state index contributed by atoms with van der Waals surface area (Å²) in [6.45, 7) is 8.12. The zero-order chi connectivity index (χ0) is 30.4. The lowest BCUT2D eigenvalue weighted by Crippen LogP contribution is -2.40. The summed E-state index contributed by atoms with van der Waals surface area (Å²) in [6, 6.07) is 7.89. The molecule has 0 saturated heterocycles. The van der Waals surface area contributed by atoms with Crippen LogP contribution in [0.25, 0.3) is 6.08 Å². The van der Waals surface area contributed by atoms with Gasteiger partial charge in [0.1, 0.15) is 6.61 Å². The molecule has 0 bridgehead atoms. The number of thiazole rings is 1. The Morgan fingerprint density at radius 2 is 1.83 bits per heavy atom. The molecule has 0 spiro atoms. The summed E-state index contributed by atoms with van der Waals surface area (Å²) in [5, 5.41) is 0.287. The normalized spacial score (nSPS) is 14.5. The van der Waals surface area contributed by atoms with Crippen LogP contribution >= 0.6 is 22.9 Å². The predicted octanol–water partition coefficient (Wildman–Crippen LogP) is 4.27. The van der Waals surface area contributed by atoms with Gasteiger partial charge in [-0.15, -0.1) is 6.42 Å². The summed E-state index contributed by atoms with van der Waals surface area (Å²) in [4.78, 5) is 32.3. The molecule has 0 fully saturated rings. The molecule has 0 N–H and O–H groups in total. The SMILES string of the molecule is C#CCOc1c(Cl)cc(/C=c2\sc3n(c2=O)[C@H](c2ccc(OC)c(OCC)c2)C(C(=O)OCC)=C(C)N=3)cc1OCC. The molecule has 220 valence electrons. The highest BCUT2D eigenvalue weighted by Gasteiger charge is 2.34. The molecule has 1 aliphatic heterocycles. The van der Waals surface area contributed by atoms with Crippen LogP contribution in [0.2, 0.25) is 5.02 Å². The number of benzene rings is 2. The first kappa shape index (κ1) is 30.8. The van der Waals surface area contributed by atoms with Crippen molar-refractivity contribution in [2.24, 2.45) is 4.99 Å². The van der Waals surface area contributed by atoms with Gasteiger partial charge in [-0.25, -0.2) is 9.79 Å². The number of hydrogen-bond donors (Lipinski definition) is 0. The highest BCUT2D eigenvalue weighted by molar-refractivity contribution is 7.07. The van der Waals surface area contributed by atoms with E-state index in [9.17, 15) is 9.59 Å². The fourth-order valence-corrected chi connectivity index (χ4v) is 5.90. The van der Waals surface area contributed by atoms with E-state index in [1.165, 1.54) is 15.9 Å². The second-order valence-electron chi connectivity index (χ2n) is 8.90. The Morgan fingerprint density at radius 1 is 1.10 bits per heavy atom. The first-order valence-corrected chi connectivity index (χ1v) is 14.5. The van der Waals surface area contributed by atoms with Gasteiger partial charge in [0, 0.05) is 0 Å². The lowest BCUT2D eigenvalue weighted by atomic mass is 9.95. The summed E-state index contributed by atoms with van der Waals surface area (Å²) in [7, 11) is 1.55. The minimum Gasteiger partial charge on any atom is -0.493 e. The topological polar surface area (TPSA) is 97.6 Å². The third kappa shape index (κ3) is 6.17. The number of aromatic nitrogens is 1. The lowest BCUT2D eigenvalue weighted by molar-refractivity contribution is -0.139. The number of rotatable bonds is 11. The van der Waals surface area contributed by atoms with Crippen LogP contribution < -0.4 is 33.8 Å². The monoisotopic (exact) mass is 610 g/mol. The molecule has 0 radical (unpaired) electrons. The first-order chi connectivity index (χ1) is 20.3. The van der Waals surface area contributed by atoms with E-state index in [4.69, 9.17) is 41.7 Å². The number of terminal acetylenes is 1. The van der Waals surface area contributed by atoms with E-state index < -0.39 is 12.0 Å². The average Bonchev–Trinajstić information content (AvgIpc) is 3.26. The summed E-state index contributed by atoms with van der Waals surface area (Å²) >= 11 is 7.71. The van der Waals surface area contributed by atoms with E-state index >= 15 is 0 Å². The van der Waals surface area contributed by atoms with E-state index in [0.717, 1.165) is 0 Å². The zero-order valence-corrected chi connectivity index (χ0v) is 25.6. The van der Waals surface area contributed by atoms with Gasteiger partial charge in [-0.3, -0.25) is 9.36 Å². The van der Waals surface area contributed by atoms with Crippen molar-refractivity contribution >= 4 is 35.0 Å². The van der Waals surface area contributed by atoms with Crippen LogP contribution in [-0.4, -0.2) is 44.1 Å². The predicted molar refractivity (Wildman–Crippen MR) is 162 cm³/mol. The Morgan fingerprint density at radius 3 is 2.50 bits per heavy atom. The Labute approximate surface area is 252 Å². The molecule has 3 aromatic rings. The molecule has 9 nitrogen and oxygen atoms in total. The van der Waals surface area contributed by atoms with E-state index in [1.807, 2.05) is 13.8 Å². The number of esters is 1. The second-order valence-corrected chi connectivity index (χ2v) is 10.3. The molecule has 0 saturated carbocycles. The number of carbonyl (C=O) groups is 1. The second kappa shape index (κ2) is 13.6. The highest BCUT2D eigenvalue weighted by Crippen LogP contribution is 2.38. The molecule has 11 heteroatoms. The number of nitrogens with zero attached hydrogens (tertiary/aromatic N) is 2. The molecule has 0 aliphatic carbocycles. The maximum Gasteiger partial charge on any atom is 0.338 e. The van der Waals surface area contributed by atoms with Crippen molar-refractivity contribution in [3.8, 4) is 35.3 Å². The van der Waals surface area contributed by atoms with Crippen LogP contribution in [0.15, 0.2) is 51.4 Å². The minimum absolute atomic E-state index is 0.0241. The van der Waals surface area contributed by atoms with Crippen molar-refractivity contribution in [3.05, 3.63) is 77.4 Å². The quantitative estimate of drug-likeness (QED) is 0.236. The first-order valence-electron chi connectivity index (χ1n) is 13.3. The molecule has 0 unspecified atom stereocenters. The Hall–Kier alpha value is -4.20. The van der Waals surface area contributed by atoms with E-state index in [1.54, 1.807) is 57.4 Å². The number of ether oxygens (including phenoxy) is 5. The fraction of sp³-hybridized carbons (Fsp3) is 0.323. The van der Waals surface area contributed by atoms with Gasteiger partial charge in [0.2, 0.25) is 0 Å². The number of fused-ring (bicyclic) bond motifs is 1. The lowest BCUT2D eigenvalue weighted by Gasteiger charge is -2.25. The number of methoxy groups -OCH3 is 1. The van der Waals surface area contributed by atoms with Crippen molar-refractivity contribution in [2.75, 3.05) is 33.5 Å². The standard InChI is InChI=1S/C31H31ClN2O7S/c1-7-13-41-28-21(32)14-19(15-24(28)39-9-3)16-25-29(35)34-27(20-11-12-22(37-6)23(17-20)38-8-2)26(30(36)40-10-4)18(5)33-31(34)42-25/h1,11-12,14-17,27H,8-10,13H2,2-6H3/b25-16-/t27-/m1/s1. The van der Waals surface area contributed by atoms with Crippen LogP contribution in [0.5, 0.6) is 23.0 Å². The number of allylic oxidation sites excluding steroid dienone is 1. The number of hydrogen-bond acceptors (Lipinski definition) is 9. The number of halogens is 1. The molecule has 1 aromatic heterocycles. The van der Waals surface area contributed by atoms with Crippen molar-refractivity contribution in [1.82, 2.24) is 4.57 Å². The molecule has 42 heavy (non-hydrogen) atoms. The summed E-state index contributed by atoms with van der Waals surface area (Å²) in [5.74, 6) is 3.61. The van der Waals surface area contributed by atoms with Gasteiger partial charge in [-0.1, -0.05) is 34.9 Å². The van der Waals surface area contributed by atoms with Gasteiger partial charge in [0.25, 0.3) is 5.56 Å². The van der Waals surface area contributed by atoms with Crippen molar-refractivity contribution < 1.29 is 28.5 Å². The molecule has 2 aromatic carbocycles. The highest BCUT2D eigenvalue weighted by atomic mass is 35.5. The van der Waals surface area contributed by atoms with Gasteiger partial charge < -0.3 is 23.7 Å². The van der Waals surface area contributed by atoms with E-state index in [2.05, 4.69) is 10.9 Å². The third-order valence-corrected chi connectivity index (χ3v) is 7.51. The van der Waals surface area contributed by atoms with Gasteiger partial charge in [0.15, 0.2) is 27.8 Å². The van der Waals surface area contributed by atoms with Gasteiger partial charge >= 0.3 is 5.97 Å².